The molecule has 0 aliphatic heterocycles. The maximum atomic E-state index is 10.1. The van der Waals surface area contributed by atoms with Crippen LogP contribution in [0.3, 0.4) is 0 Å². The van der Waals surface area contributed by atoms with E-state index in [1.807, 2.05) is 17.9 Å². The van der Waals surface area contributed by atoms with E-state index in [0.29, 0.717) is 18.0 Å². The molecule has 0 radical (unpaired) electrons. The van der Waals surface area contributed by atoms with Crippen molar-refractivity contribution >= 4 is 5.95 Å². The van der Waals surface area contributed by atoms with Gasteiger partial charge in [-0.3, -0.25) is 4.68 Å². The standard InChI is InChI=1S/C18H26N6O/c1-24-16(8-11-2-3-11)14(10-20-24)15-9-17(25)23-18(22-15)21-13-6-4-12(19)5-7-13/h9-13H,2-8,19H2,1H3,(H2,21,22,23,25)/t12-,13-. The van der Waals surface area contributed by atoms with E-state index >= 15 is 0 Å². The van der Waals surface area contributed by atoms with Gasteiger partial charge in [-0.2, -0.15) is 10.1 Å². The van der Waals surface area contributed by atoms with Crippen LogP contribution in [-0.4, -0.2) is 36.9 Å². The molecule has 2 saturated carbocycles. The minimum Gasteiger partial charge on any atom is -0.493 e. The van der Waals surface area contributed by atoms with Gasteiger partial charge in [0, 0.05) is 36.5 Å². The molecule has 2 fully saturated rings. The Bertz CT molecular complexity index is 746. The highest BCUT2D eigenvalue weighted by molar-refractivity contribution is 5.63. The number of aryl methyl sites for hydroxylation is 1. The van der Waals surface area contributed by atoms with E-state index in [4.69, 9.17) is 5.73 Å². The third-order valence-electron chi connectivity index (χ3n) is 5.33. The fourth-order valence-electron chi connectivity index (χ4n) is 3.60. The van der Waals surface area contributed by atoms with Gasteiger partial charge in [-0.25, -0.2) is 4.98 Å². The Morgan fingerprint density at radius 1 is 1.20 bits per heavy atom. The van der Waals surface area contributed by atoms with E-state index in [2.05, 4.69) is 20.4 Å². The van der Waals surface area contributed by atoms with Crippen LogP contribution in [0.1, 0.15) is 44.2 Å². The van der Waals surface area contributed by atoms with Crippen molar-refractivity contribution in [3.8, 4) is 17.1 Å². The Balaban J connectivity index is 1.57. The molecule has 0 saturated heterocycles. The van der Waals surface area contributed by atoms with Crippen LogP contribution in [0.2, 0.25) is 0 Å². The predicted molar refractivity (Wildman–Crippen MR) is 96.2 cm³/mol. The minimum atomic E-state index is -0.0127. The van der Waals surface area contributed by atoms with Crippen LogP contribution < -0.4 is 11.1 Å². The fourth-order valence-corrected chi connectivity index (χ4v) is 3.60. The van der Waals surface area contributed by atoms with Gasteiger partial charge >= 0.3 is 0 Å². The SMILES string of the molecule is Cn1ncc(-c2cc(O)nc(N[C@H]3CC[C@H](N)CC3)n2)c1CC1CC1. The summed E-state index contributed by atoms with van der Waals surface area (Å²) in [6, 6.07) is 2.24. The van der Waals surface area contributed by atoms with Crippen molar-refractivity contribution in [3.05, 3.63) is 18.0 Å². The van der Waals surface area contributed by atoms with E-state index < -0.39 is 0 Å². The lowest BCUT2D eigenvalue weighted by Crippen LogP contribution is -2.33. The first-order valence-electron chi connectivity index (χ1n) is 9.20. The van der Waals surface area contributed by atoms with Gasteiger partial charge in [-0.05, 0) is 50.9 Å². The highest BCUT2D eigenvalue weighted by Gasteiger charge is 2.26. The van der Waals surface area contributed by atoms with Crippen molar-refractivity contribution in [2.24, 2.45) is 18.7 Å². The molecule has 2 aromatic heterocycles. The maximum absolute atomic E-state index is 10.1. The number of nitrogens with one attached hydrogen (secondary N) is 1. The number of nitrogens with zero attached hydrogens (tertiary/aromatic N) is 4. The molecule has 2 aliphatic rings. The number of hydrogen-bond donors (Lipinski definition) is 3. The van der Waals surface area contributed by atoms with Crippen molar-refractivity contribution in [1.82, 2.24) is 19.7 Å². The van der Waals surface area contributed by atoms with Gasteiger partial charge in [-0.15, -0.1) is 0 Å². The topological polar surface area (TPSA) is 102 Å². The Labute approximate surface area is 147 Å². The molecule has 0 amide bonds. The van der Waals surface area contributed by atoms with Crippen LogP contribution in [0.4, 0.5) is 5.95 Å². The summed E-state index contributed by atoms with van der Waals surface area (Å²) in [7, 11) is 1.96. The molecule has 0 bridgehead atoms. The van der Waals surface area contributed by atoms with Gasteiger partial charge in [0.1, 0.15) is 0 Å². The van der Waals surface area contributed by atoms with E-state index in [-0.39, 0.29) is 5.88 Å². The largest absolute Gasteiger partial charge is 0.493 e. The molecule has 0 spiro atoms. The average molecular weight is 342 g/mol. The lowest BCUT2D eigenvalue weighted by Gasteiger charge is -2.26. The van der Waals surface area contributed by atoms with Crippen molar-refractivity contribution in [3.63, 3.8) is 0 Å². The number of rotatable bonds is 5. The van der Waals surface area contributed by atoms with Crippen molar-refractivity contribution in [2.75, 3.05) is 5.32 Å². The quantitative estimate of drug-likeness (QED) is 0.770. The second kappa shape index (κ2) is 6.63. The van der Waals surface area contributed by atoms with Crippen LogP contribution in [-0.2, 0) is 13.5 Å². The molecule has 2 aromatic rings. The molecule has 7 nitrogen and oxygen atoms in total. The Hall–Kier alpha value is -2.15. The summed E-state index contributed by atoms with van der Waals surface area (Å²) in [6.07, 6.45) is 9.47. The maximum Gasteiger partial charge on any atom is 0.226 e. The van der Waals surface area contributed by atoms with Crippen molar-refractivity contribution in [1.29, 1.82) is 0 Å². The van der Waals surface area contributed by atoms with Crippen molar-refractivity contribution < 1.29 is 5.11 Å². The Kier molecular flexibility index (Phi) is 4.33. The van der Waals surface area contributed by atoms with Crippen molar-refractivity contribution in [2.45, 2.75) is 57.0 Å². The first-order chi connectivity index (χ1) is 12.1. The fraction of sp³-hybridized carbons (Fsp3) is 0.611. The van der Waals surface area contributed by atoms with Gasteiger partial charge in [0.25, 0.3) is 0 Å². The molecule has 0 atom stereocenters. The van der Waals surface area contributed by atoms with Gasteiger partial charge in [-0.1, -0.05) is 0 Å². The van der Waals surface area contributed by atoms with Crippen LogP contribution in [0.5, 0.6) is 5.88 Å². The zero-order chi connectivity index (χ0) is 17.4. The van der Waals surface area contributed by atoms with Gasteiger partial charge in [0.15, 0.2) is 0 Å². The lowest BCUT2D eigenvalue weighted by molar-refractivity contribution is 0.408. The normalized spacial score (nSPS) is 23.6. The zero-order valence-electron chi connectivity index (χ0n) is 14.6. The Morgan fingerprint density at radius 2 is 1.96 bits per heavy atom. The highest BCUT2D eigenvalue weighted by atomic mass is 16.3. The first-order valence-corrected chi connectivity index (χ1v) is 9.20. The molecule has 2 aliphatic carbocycles. The smallest absolute Gasteiger partial charge is 0.226 e. The molecule has 25 heavy (non-hydrogen) atoms. The predicted octanol–water partition coefficient (Wildman–Crippen LogP) is 2.22. The molecule has 0 unspecified atom stereocenters. The van der Waals surface area contributed by atoms with Crippen LogP contribution >= 0.6 is 0 Å². The number of aromatic hydroxyl groups is 1. The molecule has 7 heteroatoms. The highest BCUT2D eigenvalue weighted by Crippen LogP contribution is 2.35. The number of anilines is 1. The number of aromatic nitrogens is 4. The third-order valence-corrected chi connectivity index (χ3v) is 5.33. The molecular weight excluding hydrogens is 316 g/mol. The number of nitrogens with two attached hydrogens (primary N) is 1. The monoisotopic (exact) mass is 342 g/mol. The van der Waals surface area contributed by atoms with E-state index in [1.165, 1.54) is 18.5 Å². The summed E-state index contributed by atoms with van der Waals surface area (Å²) in [5.74, 6) is 1.23. The van der Waals surface area contributed by atoms with Crippen LogP contribution in [0, 0.1) is 5.92 Å². The zero-order valence-corrected chi connectivity index (χ0v) is 14.6. The third kappa shape index (κ3) is 3.76. The van der Waals surface area contributed by atoms with Crippen LogP contribution in [0.15, 0.2) is 12.3 Å². The molecule has 0 aromatic carbocycles. The second-order valence-corrected chi connectivity index (χ2v) is 7.47. The van der Waals surface area contributed by atoms with Crippen LogP contribution in [0.25, 0.3) is 11.3 Å². The van der Waals surface area contributed by atoms with E-state index in [0.717, 1.165) is 49.3 Å². The van der Waals surface area contributed by atoms with Gasteiger partial charge in [0.05, 0.1) is 11.9 Å². The summed E-state index contributed by atoms with van der Waals surface area (Å²) < 4.78 is 1.92. The summed E-state index contributed by atoms with van der Waals surface area (Å²) in [5.41, 5.74) is 8.86. The second-order valence-electron chi connectivity index (χ2n) is 7.47. The summed E-state index contributed by atoms with van der Waals surface area (Å²) in [5, 5.41) is 17.8. The number of hydrogen-bond acceptors (Lipinski definition) is 6. The Morgan fingerprint density at radius 3 is 2.68 bits per heavy atom. The van der Waals surface area contributed by atoms with E-state index in [9.17, 15) is 5.11 Å². The first kappa shape index (κ1) is 16.3. The minimum absolute atomic E-state index is 0.0127. The van der Waals surface area contributed by atoms with E-state index in [1.54, 1.807) is 6.07 Å². The molecule has 2 heterocycles. The summed E-state index contributed by atoms with van der Waals surface area (Å²) in [6.45, 7) is 0. The lowest BCUT2D eigenvalue weighted by atomic mass is 9.92. The molecular formula is C18H26N6O. The molecule has 134 valence electrons. The average Bonchev–Trinajstić information content (AvgIpc) is 3.32. The van der Waals surface area contributed by atoms with Gasteiger partial charge in [0.2, 0.25) is 11.8 Å². The summed E-state index contributed by atoms with van der Waals surface area (Å²) >= 11 is 0. The molecule has 4 N–H and O–H groups in total. The summed E-state index contributed by atoms with van der Waals surface area (Å²) in [4.78, 5) is 8.81. The van der Waals surface area contributed by atoms with Gasteiger partial charge < -0.3 is 16.2 Å². The molecule has 4 rings (SSSR count).